The third-order valence-corrected chi connectivity index (χ3v) is 5.18. The van der Waals surface area contributed by atoms with Crippen LogP contribution in [0, 0.1) is 0 Å². The number of amides is 1. The second kappa shape index (κ2) is 11.8. The third-order valence-electron chi connectivity index (χ3n) is 4.94. The Morgan fingerprint density at radius 1 is 1.08 bits per heavy atom. The molecular weight excluding hydrogens is 545 g/mol. The summed E-state index contributed by atoms with van der Waals surface area (Å²) in [4.78, 5) is 24.3. The number of nitrogens with zero attached hydrogens (tertiary/aromatic N) is 2. The van der Waals surface area contributed by atoms with E-state index >= 15 is 0 Å². The van der Waals surface area contributed by atoms with Crippen molar-refractivity contribution in [3.63, 3.8) is 0 Å². The molecule has 0 saturated carbocycles. The number of aromatic hydroxyl groups is 1. The van der Waals surface area contributed by atoms with E-state index in [9.17, 15) is 41.8 Å². The molecule has 204 valence electrons. The van der Waals surface area contributed by atoms with Crippen LogP contribution in [0.5, 0.6) is 5.88 Å². The SMILES string of the molecule is O=C(NN(Cc1ccc(-c2cccc(Cl)c2)cc1)C[C@@H](O)C(=O)OCC(F)(F)C(F)(F)F)c1cc(O)no1. The number of halogens is 6. The molecule has 0 bridgehead atoms. The highest BCUT2D eigenvalue weighted by molar-refractivity contribution is 6.30. The first kappa shape index (κ1) is 28.8. The molecule has 1 heterocycles. The summed E-state index contributed by atoms with van der Waals surface area (Å²) in [6, 6.07) is 14.6. The van der Waals surface area contributed by atoms with Crippen molar-refractivity contribution in [1.82, 2.24) is 15.6 Å². The minimum Gasteiger partial charge on any atom is -0.491 e. The monoisotopic (exact) mass is 563 g/mol. The van der Waals surface area contributed by atoms with E-state index in [1.807, 2.05) is 6.07 Å². The molecule has 0 radical (unpaired) electrons. The first-order valence-corrected chi connectivity index (χ1v) is 11.0. The van der Waals surface area contributed by atoms with Gasteiger partial charge in [-0.1, -0.05) is 48.0 Å². The first-order chi connectivity index (χ1) is 17.7. The number of nitrogens with one attached hydrogen (secondary N) is 1. The minimum atomic E-state index is -5.96. The highest BCUT2D eigenvalue weighted by Gasteiger charge is 2.58. The van der Waals surface area contributed by atoms with Crippen molar-refractivity contribution >= 4 is 23.5 Å². The molecule has 0 spiro atoms. The van der Waals surface area contributed by atoms with Gasteiger partial charge in [0.05, 0.1) is 12.6 Å². The summed E-state index contributed by atoms with van der Waals surface area (Å²) >= 11 is 6.01. The Morgan fingerprint density at radius 3 is 2.34 bits per heavy atom. The third kappa shape index (κ3) is 7.63. The van der Waals surface area contributed by atoms with Gasteiger partial charge in [0.25, 0.3) is 5.88 Å². The molecule has 3 N–H and O–H groups in total. The van der Waals surface area contributed by atoms with E-state index in [4.69, 9.17) is 11.6 Å². The number of benzene rings is 2. The smallest absolute Gasteiger partial charge is 0.456 e. The van der Waals surface area contributed by atoms with Crippen molar-refractivity contribution < 1.29 is 51.0 Å². The van der Waals surface area contributed by atoms with E-state index in [-0.39, 0.29) is 6.54 Å². The van der Waals surface area contributed by atoms with Gasteiger partial charge in [0.15, 0.2) is 12.7 Å². The van der Waals surface area contributed by atoms with Crippen LogP contribution in [-0.2, 0) is 16.1 Å². The standard InChI is InChI=1S/C23H19ClF5N3O6/c24-16-3-1-2-15(8-16)14-6-4-13(5-7-14)10-32(30-20(35)18-9-19(34)31-38-18)11-17(33)21(36)37-12-22(25,26)23(27,28)29/h1-9,17,33H,10-12H2,(H,30,35)(H,31,34)/t17-/m1/s1. The second-order valence-electron chi connectivity index (χ2n) is 7.90. The van der Waals surface area contributed by atoms with Crippen molar-refractivity contribution in [2.75, 3.05) is 13.2 Å². The number of carbonyl (C=O) groups excluding carboxylic acids is 2. The number of aliphatic hydroxyl groups is 1. The molecule has 0 unspecified atom stereocenters. The molecule has 2 aromatic carbocycles. The number of hydrazine groups is 1. The van der Waals surface area contributed by atoms with Gasteiger partial charge in [0, 0.05) is 11.6 Å². The predicted octanol–water partition coefficient (Wildman–Crippen LogP) is 3.95. The van der Waals surface area contributed by atoms with Gasteiger partial charge in [-0.2, -0.15) is 22.0 Å². The largest absolute Gasteiger partial charge is 0.491 e. The van der Waals surface area contributed by atoms with Crippen LogP contribution in [0.1, 0.15) is 16.1 Å². The molecule has 0 aliphatic rings. The van der Waals surface area contributed by atoms with Gasteiger partial charge in [0.2, 0.25) is 5.76 Å². The highest BCUT2D eigenvalue weighted by atomic mass is 35.5. The van der Waals surface area contributed by atoms with Crippen LogP contribution in [0.4, 0.5) is 22.0 Å². The number of ether oxygens (including phenoxy) is 1. The van der Waals surface area contributed by atoms with Crippen LogP contribution in [0.3, 0.4) is 0 Å². The van der Waals surface area contributed by atoms with E-state index in [0.717, 1.165) is 22.2 Å². The van der Waals surface area contributed by atoms with Crippen molar-refractivity contribution in [3.8, 4) is 17.0 Å². The van der Waals surface area contributed by atoms with Gasteiger partial charge in [-0.3, -0.25) is 10.2 Å². The van der Waals surface area contributed by atoms with Crippen molar-refractivity contribution in [1.29, 1.82) is 0 Å². The van der Waals surface area contributed by atoms with E-state index in [1.165, 1.54) is 0 Å². The topological polar surface area (TPSA) is 125 Å². The van der Waals surface area contributed by atoms with Crippen LogP contribution in [0.2, 0.25) is 5.02 Å². The van der Waals surface area contributed by atoms with Gasteiger partial charge in [-0.25, -0.2) is 9.80 Å². The lowest BCUT2D eigenvalue weighted by Crippen LogP contribution is -2.48. The average Bonchev–Trinajstić information content (AvgIpc) is 3.28. The number of aliphatic hydroxyl groups excluding tert-OH is 1. The summed E-state index contributed by atoms with van der Waals surface area (Å²) in [6.07, 6.45) is -8.19. The molecule has 0 aliphatic carbocycles. The normalized spacial score (nSPS) is 12.8. The van der Waals surface area contributed by atoms with E-state index in [0.29, 0.717) is 10.6 Å². The Hall–Kier alpha value is -3.75. The van der Waals surface area contributed by atoms with E-state index in [1.54, 1.807) is 42.5 Å². The summed E-state index contributed by atoms with van der Waals surface area (Å²) < 4.78 is 71.6. The molecule has 3 rings (SSSR count). The maximum Gasteiger partial charge on any atom is 0.456 e. The number of hydrogen-bond acceptors (Lipinski definition) is 8. The van der Waals surface area contributed by atoms with Crippen molar-refractivity contribution in [2.24, 2.45) is 0 Å². The quantitative estimate of drug-likeness (QED) is 0.192. The number of carbonyl (C=O) groups is 2. The fourth-order valence-corrected chi connectivity index (χ4v) is 3.23. The Balaban J connectivity index is 1.72. The Labute approximate surface area is 216 Å². The predicted molar refractivity (Wildman–Crippen MR) is 121 cm³/mol. The van der Waals surface area contributed by atoms with Crippen LogP contribution in [-0.4, -0.2) is 63.6 Å². The lowest BCUT2D eigenvalue weighted by molar-refractivity contribution is -0.294. The molecule has 1 atom stereocenters. The van der Waals surface area contributed by atoms with Gasteiger partial charge < -0.3 is 19.5 Å². The lowest BCUT2D eigenvalue weighted by Gasteiger charge is -2.25. The zero-order valence-corrected chi connectivity index (χ0v) is 19.8. The van der Waals surface area contributed by atoms with Crippen LogP contribution in [0.25, 0.3) is 11.1 Å². The van der Waals surface area contributed by atoms with Gasteiger partial charge in [0.1, 0.15) is 0 Å². The van der Waals surface area contributed by atoms with E-state index < -0.39 is 54.9 Å². The molecule has 15 heteroatoms. The first-order valence-electron chi connectivity index (χ1n) is 10.6. The van der Waals surface area contributed by atoms with Crippen LogP contribution < -0.4 is 5.43 Å². The van der Waals surface area contributed by atoms with Gasteiger partial charge in [-0.05, 0) is 34.0 Å². The summed E-state index contributed by atoms with van der Waals surface area (Å²) in [5, 5.41) is 24.0. The lowest BCUT2D eigenvalue weighted by atomic mass is 10.0. The molecule has 0 aliphatic heterocycles. The Morgan fingerprint density at radius 2 is 1.76 bits per heavy atom. The van der Waals surface area contributed by atoms with Gasteiger partial charge >= 0.3 is 24.0 Å². The summed E-state index contributed by atoms with van der Waals surface area (Å²) in [6.45, 7) is -3.29. The average molecular weight is 564 g/mol. The maximum atomic E-state index is 13.0. The molecule has 9 nitrogen and oxygen atoms in total. The molecule has 3 aromatic rings. The van der Waals surface area contributed by atoms with Crippen molar-refractivity contribution in [3.05, 3.63) is 70.9 Å². The molecule has 1 aromatic heterocycles. The fourth-order valence-electron chi connectivity index (χ4n) is 3.04. The number of rotatable bonds is 10. The highest BCUT2D eigenvalue weighted by Crippen LogP contribution is 2.35. The number of esters is 1. The second-order valence-corrected chi connectivity index (χ2v) is 8.34. The Bertz CT molecular complexity index is 1270. The van der Waals surface area contributed by atoms with Crippen LogP contribution >= 0.6 is 11.6 Å². The summed E-state index contributed by atoms with van der Waals surface area (Å²) in [5.74, 6) is -9.13. The minimum absolute atomic E-state index is 0.176. The molecule has 38 heavy (non-hydrogen) atoms. The van der Waals surface area contributed by atoms with E-state index in [2.05, 4.69) is 19.8 Å². The van der Waals surface area contributed by atoms with Crippen molar-refractivity contribution in [2.45, 2.75) is 24.7 Å². The molecule has 0 fully saturated rings. The van der Waals surface area contributed by atoms with Gasteiger partial charge in [-0.15, -0.1) is 0 Å². The maximum absolute atomic E-state index is 13.0. The number of hydrogen-bond donors (Lipinski definition) is 3. The Kier molecular flexibility index (Phi) is 8.91. The molecule has 0 saturated heterocycles. The fraction of sp³-hybridized carbons (Fsp3) is 0.261. The molecular formula is C23H19ClF5N3O6. The summed E-state index contributed by atoms with van der Waals surface area (Å²) in [7, 11) is 0. The summed E-state index contributed by atoms with van der Waals surface area (Å²) in [5.41, 5.74) is 4.40. The number of alkyl halides is 5. The number of aromatic nitrogens is 1. The van der Waals surface area contributed by atoms with Crippen LogP contribution in [0.15, 0.2) is 59.1 Å². The zero-order chi connectivity index (χ0) is 28.1. The zero-order valence-electron chi connectivity index (χ0n) is 19.1. The molecule has 1 amide bonds.